The minimum absolute atomic E-state index is 0.261. The average Bonchev–Trinajstić information content (AvgIpc) is 2.83. The van der Waals surface area contributed by atoms with Crippen molar-refractivity contribution in [3.05, 3.63) is 97.1 Å². The summed E-state index contributed by atoms with van der Waals surface area (Å²) in [6.07, 6.45) is 0. The maximum Gasteiger partial charge on any atom is 0.437 e. The monoisotopic (exact) mass is 587 g/mol. The number of nitro benzene ring substituents is 9. The van der Waals surface area contributed by atoms with Gasteiger partial charge in [0.15, 0.2) is 0 Å². The van der Waals surface area contributed by atoms with Gasteiger partial charge in [0, 0.05) is 0 Å². The van der Waals surface area contributed by atoms with Gasteiger partial charge in [0.05, 0.1) is 44.3 Å². The van der Waals surface area contributed by atoms with Crippen molar-refractivity contribution in [1.82, 2.24) is 0 Å². The summed E-state index contributed by atoms with van der Waals surface area (Å²) in [5, 5.41) is 108. The summed E-state index contributed by atoms with van der Waals surface area (Å²) < 4.78 is 0. The number of azo groups is 1. The van der Waals surface area contributed by atoms with Gasteiger partial charge in [-0.15, -0.1) is 10.2 Å². The highest BCUT2D eigenvalue weighted by Crippen LogP contribution is 2.57. The lowest BCUT2D eigenvalue weighted by Gasteiger charge is -2.04. The summed E-state index contributed by atoms with van der Waals surface area (Å²) in [4.78, 5) is 86.2. The molecule has 0 saturated heterocycles. The molecule has 41 heavy (non-hydrogen) atoms. The Bertz CT molecular complexity index is 1640. The van der Waals surface area contributed by atoms with Gasteiger partial charge in [-0.1, -0.05) is 0 Å². The summed E-state index contributed by atoms with van der Waals surface area (Å²) in [5.41, 5.74) is -24.0. The van der Waals surface area contributed by atoms with Crippen molar-refractivity contribution in [2.45, 2.75) is 0 Å². The first kappa shape index (κ1) is 29.9. The molecular weight excluding hydrogens is 586 g/mol. The van der Waals surface area contributed by atoms with E-state index in [0.717, 1.165) is 0 Å². The van der Waals surface area contributed by atoms with E-state index in [1.807, 2.05) is 0 Å². The molecule has 29 nitrogen and oxygen atoms in total. The van der Waals surface area contributed by atoms with Gasteiger partial charge in [-0.2, -0.15) is 0 Å². The van der Waals surface area contributed by atoms with Crippen LogP contribution in [0.5, 0.6) is 0 Å². The van der Waals surface area contributed by atoms with Crippen LogP contribution in [-0.4, -0.2) is 44.3 Å². The Labute approximate surface area is 215 Å². The van der Waals surface area contributed by atoms with Crippen molar-refractivity contribution in [3.63, 3.8) is 0 Å². The van der Waals surface area contributed by atoms with E-state index in [-0.39, 0.29) is 6.07 Å². The lowest BCUT2D eigenvalue weighted by atomic mass is 10.1. The molecule has 0 unspecified atom stereocenters. The summed E-state index contributed by atoms with van der Waals surface area (Å²) in [7, 11) is 0. The van der Waals surface area contributed by atoms with Crippen LogP contribution in [0.2, 0.25) is 0 Å². The Morgan fingerprint density at radius 2 is 0.610 bits per heavy atom. The van der Waals surface area contributed by atoms with Crippen molar-refractivity contribution >= 4 is 62.6 Å². The zero-order valence-corrected chi connectivity index (χ0v) is 18.3. The Morgan fingerprint density at radius 3 is 0.902 bits per heavy atom. The van der Waals surface area contributed by atoms with Gasteiger partial charge >= 0.3 is 51.2 Å². The van der Waals surface area contributed by atoms with Crippen molar-refractivity contribution in [3.8, 4) is 0 Å². The molecule has 0 aliphatic heterocycles. The fraction of sp³-hybridized carbons (Fsp3) is 0. The van der Waals surface area contributed by atoms with Crippen LogP contribution in [-0.2, 0) is 0 Å². The van der Waals surface area contributed by atoms with Crippen LogP contribution in [0.4, 0.5) is 62.6 Å². The van der Waals surface area contributed by atoms with Crippen LogP contribution >= 0.6 is 0 Å². The predicted molar refractivity (Wildman–Crippen MR) is 117 cm³/mol. The maximum atomic E-state index is 11.6. The van der Waals surface area contributed by atoms with Crippen LogP contribution in [0.1, 0.15) is 0 Å². The predicted octanol–water partition coefficient (Wildman–Crippen LogP) is 3.28. The highest BCUT2D eigenvalue weighted by Gasteiger charge is 2.55. The summed E-state index contributed by atoms with van der Waals surface area (Å²) >= 11 is 0. The first-order valence-corrected chi connectivity index (χ1v) is 9.02. The first-order chi connectivity index (χ1) is 18.9. The fourth-order valence-corrected chi connectivity index (χ4v) is 3.08. The average molecular weight is 587 g/mol. The van der Waals surface area contributed by atoms with E-state index in [4.69, 9.17) is 0 Å². The van der Waals surface area contributed by atoms with E-state index in [1.54, 1.807) is 0 Å². The standard InChI is InChI=1S/C12HN11O18/c24-15(25)2-1-3(16(26)27)6(17(28)29)7(18(30)31)4(2)13-14-5-8(19(32)33)10(21(36)37)12(23(40)41)11(22(38)39)9(5)20(34)35/h1H. The Kier molecular flexibility index (Phi) is 7.69. The van der Waals surface area contributed by atoms with E-state index in [9.17, 15) is 91.0 Å². The molecule has 212 valence electrons. The number of nitro groups is 9. The summed E-state index contributed by atoms with van der Waals surface area (Å²) in [6, 6.07) is -0.261. The number of hydrogen-bond donors (Lipinski definition) is 0. The number of rotatable bonds is 11. The molecule has 2 rings (SSSR count). The molecule has 0 fully saturated rings. The van der Waals surface area contributed by atoms with Crippen LogP contribution in [0.3, 0.4) is 0 Å². The quantitative estimate of drug-likeness (QED) is 0.206. The molecule has 0 atom stereocenters. The van der Waals surface area contributed by atoms with Crippen molar-refractivity contribution in [2.75, 3.05) is 0 Å². The van der Waals surface area contributed by atoms with Crippen LogP contribution in [0.25, 0.3) is 0 Å². The van der Waals surface area contributed by atoms with Gasteiger partial charge in [-0.3, -0.25) is 91.0 Å². The molecule has 0 aromatic heterocycles. The Hall–Kier alpha value is -7.36. The number of hydrogen-bond acceptors (Lipinski definition) is 20. The topological polar surface area (TPSA) is 413 Å². The van der Waals surface area contributed by atoms with Crippen LogP contribution < -0.4 is 0 Å². The minimum Gasteiger partial charge on any atom is -0.258 e. The zero-order chi connectivity index (χ0) is 31.7. The molecule has 0 saturated carbocycles. The molecule has 2 aromatic rings. The second-order valence-corrected chi connectivity index (χ2v) is 6.57. The molecule has 0 amide bonds. The van der Waals surface area contributed by atoms with Crippen LogP contribution in [0.15, 0.2) is 16.3 Å². The highest BCUT2D eigenvalue weighted by atomic mass is 16.7. The van der Waals surface area contributed by atoms with Gasteiger partial charge in [0.2, 0.25) is 5.69 Å². The van der Waals surface area contributed by atoms with Gasteiger partial charge < -0.3 is 0 Å². The number of nitrogens with zero attached hydrogens (tertiary/aromatic N) is 11. The van der Waals surface area contributed by atoms with Gasteiger partial charge in [-0.25, -0.2) is 0 Å². The van der Waals surface area contributed by atoms with Crippen molar-refractivity contribution < 1.29 is 44.3 Å². The lowest BCUT2D eigenvalue weighted by molar-refractivity contribution is -0.459. The smallest absolute Gasteiger partial charge is 0.258 e. The molecule has 0 spiro atoms. The third-order valence-electron chi connectivity index (χ3n) is 4.47. The molecule has 0 radical (unpaired) electrons. The molecule has 0 N–H and O–H groups in total. The van der Waals surface area contributed by atoms with Gasteiger partial charge in [0.25, 0.3) is 5.69 Å². The normalized spacial score (nSPS) is 10.6. The van der Waals surface area contributed by atoms with Crippen LogP contribution in [0, 0.1) is 91.0 Å². The van der Waals surface area contributed by atoms with E-state index in [1.165, 1.54) is 0 Å². The van der Waals surface area contributed by atoms with Gasteiger partial charge in [-0.05, 0) is 0 Å². The fourth-order valence-electron chi connectivity index (χ4n) is 3.08. The second-order valence-electron chi connectivity index (χ2n) is 6.57. The maximum absolute atomic E-state index is 11.6. The molecule has 0 aliphatic carbocycles. The van der Waals surface area contributed by atoms with E-state index in [0.29, 0.717) is 0 Å². The third-order valence-corrected chi connectivity index (χ3v) is 4.47. The Morgan fingerprint density at radius 1 is 0.341 bits per heavy atom. The Balaban J connectivity index is 3.36. The SMILES string of the molecule is O=[N+]([O-])c1cc([N+](=O)[O-])c([N+](=O)[O-])c([N+](=O)[O-])c1N=Nc1c([N+](=O)[O-])c([N+](=O)[O-])c([N+](=O)[O-])c([N+](=O)[O-])c1[N+](=O)[O-]. The zero-order valence-electron chi connectivity index (χ0n) is 18.3. The highest BCUT2D eigenvalue weighted by molar-refractivity contribution is 5.93. The van der Waals surface area contributed by atoms with E-state index >= 15 is 0 Å². The summed E-state index contributed by atoms with van der Waals surface area (Å²) in [6.45, 7) is 0. The molecule has 0 bridgehead atoms. The van der Waals surface area contributed by atoms with Gasteiger partial charge in [0.1, 0.15) is 6.07 Å². The first-order valence-electron chi connectivity index (χ1n) is 9.02. The van der Waals surface area contributed by atoms with Crippen molar-refractivity contribution in [2.24, 2.45) is 10.2 Å². The minimum atomic E-state index is -2.39. The third kappa shape index (κ3) is 5.08. The second kappa shape index (κ2) is 10.6. The van der Waals surface area contributed by atoms with Crippen molar-refractivity contribution in [1.29, 1.82) is 0 Å². The lowest BCUT2D eigenvalue weighted by Crippen LogP contribution is -2.08. The largest absolute Gasteiger partial charge is 0.437 e. The van der Waals surface area contributed by atoms with E-state index in [2.05, 4.69) is 10.2 Å². The molecule has 29 heteroatoms. The molecule has 2 aromatic carbocycles. The molecular formula is C12HN11O18. The number of benzene rings is 2. The summed E-state index contributed by atoms with van der Waals surface area (Å²) in [5.74, 6) is 0. The molecule has 0 aliphatic rings. The molecule has 0 heterocycles. The van der Waals surface area contributed by atoms with E-state index < -0.39 is 107 Å².